The van der Waals surface area contributed by atoms with E-state index in [0.29, 0.717) is 5.92 Å². The molecule has 0 aromatic carbocycles. The highest BCUT2D eigenvalue weighted by Crippen LogP contribution is 2.36. The van der Waals surface area contributed by atoms with Crippen LogP contribution in [-0.4, -0.2) is 33.6 Å². The Morgan fingerprint density at radius 2 is 2.16 bits per heavy atom. The van der Waals surface area contributed by atoms with Gasteiger partial charge in [-0.05, 0) is 19.8 Å². The van der Waals surface area contributed by atoms with Crippen molar-refractivity contribution in [3.05, 3.63) is 11.9 Å². The van der Waals surface area contributed by atoms with Gasteiger partial charge in [0, 0.05) is 29.2 Å². The molecule has 0 aliphatic carbocycles. The highest BCUT2D eigenvalue weighted by molar-refractivity contribution is 8.00. The number of nitrogens with two attached hydrogens (primary N) is 1. The van der Waals surface area contributed by atoms with E-state index in [9.17, 15) is 0 Å². The predicted molar refractivity (Wildman–Crippen MR) is 82.7 cm³/mol. The maximum Gasteiger partial charge on any atom is 0.148 e. The summed E-state index contributed by atoms with van der Waals surface area (Å²) in [6.45, 7) is 10.9. The topological polar surface area (TPSA) is 67.1 Å². The van der Waals surface area contributed by atoms with Crippen LogP contribution in [0.2, 0.25) is 0 Å². The molecule has 1 aliphatic heterocycles. The summed E-state index contributed by atoms with van der Waals surface area (Å²) in [7, 11) is 0. The number of nitrogens with one attached hydrogen (secondary N) is 1. The SMILES string of the molecule is CC(C)c1c(NN)ncnc1N1CCSC(C)(C)C1. The first-order valence-corrected chi connectivity index (χ1v) is 7.63. The molecular formula is C13H23N5S. The summed E-state index contributed by atoms with van der Waals surface area (Å²) in [6.07, 6.45) is 1.59. The zero-order valence-electron chi connectivity index (χ0n) is 12.1. The molecule has 0 atom stereocenters. The van der Waals surface area contributed by atoms with E-state index in [2.05, 4.69) is 48.0 Å². The second-order valence-corrected chi connectivity index (χ2v) is 7.59. The third-order valence-corrected chi connectivity index (χ3v) is 4.60. The first-order valence-electron chi connectivity index (χ1n) is 6.65. The Balaban J connectivity index is 2.38. The van der Waals surface area contributed by atoms with Crippen molar-refractivity contribution in [3.8, 4) is 0 Å². The fraction of sp³-hybridized carbons (Fsp3) is 0.692. The number of hydrogen-bond acceptors (Lipinski definition) is 6. The van der Waals surface area contributed by atoms with E-state index < -0.39 is 0 Å². The zero-order chi connectivity index (χ0) is 14.0. The number of nitrogens with zero attached hydrogens (tertiary/aromatic N) is 3. The molecule has 6 heteroatoms. The average molecular weight is 281 g/mol. The molecule has 0 amide bonds. The van der Waals surface area contributed by atoms with Gasteiger partial charge in [-0.25, -0.2) is 15.8 Å². The summed E-state index contributed by atoms with van der Waals surface area (Å²) in [4.78, 5) is 11.1. The van der Waals surface area contributed by atoms with Gasteiger partial charge in [-0.1, -0.05) is 13.8 Å². The number of hydrogen-bond donors (Lipinski definition) is 2. The molecule has 2 rings (SSSR count). The van der Waals surface area contributed by atoms with Gasteiger partial charge in [-0.15, -0.1) is 0 Å². The van der Waals surface area contributed by atoms with Crippen molar-refractivity contribution in [2.24, 2.45) is 5.84 Å². The molecule has 1 fully saturated rings. The van der Waals surface area contributed by atoms with Gasteiger partial charge in [0.2, 0.25) is 0 Å². The molecule has 1 saturated heterocycles. The summed E-state index contributed by atoms with van der Waals surface area (Å²) in [5.74, 6) is 8.79. The van der Waals surface area contributed by atoms with Crippen LogP contribution >= 0.6 is 11.8 Å². The minimum atomic E-state index is 0.258. The summed E-state index contributed by atoms with van der Waals surface area (Å²) >= 11 is 2.02. The Kier molecular flexibility index (Phi) is 4.20. The monoisotopic (exact) mass is 281 g/mol. The van der Waals surface area contributed by atoms with Gasteiger partial charge in [0.1, 0.15) is 18.0 Å². The van der Waals surface area contributed by atoms with Gasteiger partial charge in [0.25, 0.3) is 0 Å². The molecule has 0 spiro atoms. The van der Waals surface area contributed by atoms with E-state index in [1.807, 2.05) is 11.8 Å². The molecule has 1 aliphatic rings. The third kappa shape index (κ3) is 3.12. The largest absolute Gasteiger partial charge is 0.354 e. The van der Waals surface area contributed by atoms with Crippen LogP contribution in [0.1, 0.15) is 39.2 Å². The minimum absolute atomic E-state index is 0.258. The normalized spacial score (nSPS) is 18.7. The van der Waals surface area contributed by atoms with E-state index in [0.717, 1.165) is 36.0 Å². The summed E-state index contributed by atoms with van der Waals surface area (Å²) in [5.41, 5.74) is 3.80. The van der Waals surface area contributed by atoms with Crippen LogP contribution in [0.15, 0.2) is 6.33 Å². The maximum atomic E-state index is 5.58. The van der Waals surface area contributed by atoms with E-state index in [1.165, 1.54) is 0 Å². The molecule has 1 aromatic heterocycles. The first-order chi connectivity index (χ1) is 8.94. The second-order valence-electron chi connectivity index (χ2n) is 5.79. The van der Waals surface area contributed by atoms with Crippen molar-refractivity contribution in [1.29, 1.82) is 0 Å². The van der Waals surface area contributed by atoms with Crippen molar-refractivity contribution in [1.82, 2.24) is 9.97 Å². The zero-order valence-corrected chi connectivity index (χ0v) is 12.9. The molecule has 1 aromatic rings. The van der Waals surface area contributed by atoms with Gasteiger partial charge in [0.15, 0.2) is 0 Å². The van der Waals surface area contributed by atoms with Gasteiger partial charge >= 0.3 is 0 Å². The van der Waals surface area contributed by atoms with Crippen LogP contribution in [0.25, 0.3) is 0 Å². The third-order valence-electron chi connectivity index (χ3n) is 3.30. The lowest BCUT2D eigenvalue weighted by Gasteiger charge is -2.39. The molecule has 2 heterocycles. The molecule has 3 N–H and O–H groups in total. The van der Waals surface area contributed by atoms with Crippen molar-refractivity contribution >= 4 is 23.4 Å². The Hall–Kier alpha value is -1.01. The molecule has 0 bridgehead atoms. The highest BCUT2D eigenvalue weighted by Gasteiger charge is 2.30. The maximum absolute atomic E-state index is 5.58. The Morgan fingerprint density at radius 1 is 1.42 bits per heavy atom. The first kappa shape index (κ1) is 14.4. The van der Waals surface area contributed by atoms with Gasteiger partial charge in [0.05, 0.1) is 0 Å². The molecule has 0 saturated carbocycles. The second kappa shape index (κ2) is 5.54. The van der Waals surface area contributed by atoms with E-state index in [1.54, 1.807) is 6.33 Å². The molecule has 0 unspecified atom stereocenters. The Bertz CT molecular complexity index is 447. The smallest absolute Gasteiger partial charge is 0.148 e. The molecular weight excluding hydrogens is 258 g/mol. The fourth-order valence-electron chi connectivity index (χ4n) is 2.48. The summed E-state index contributed by atoms with van der Waals surface area (Å²) in [6, 6.07) is 0. The van der Waals surface area contributed by atoms with Gasteiger partial charge in [-0.2, -0.15) is 11.8 Å². The van der Waals surface area contributed by atoms with Crippen LogP contribution in [0.3, 0.4) is 0 Å². The van der Waals surface area contributed by atoms with Crippen LogP contribution in [0, 0.1) is 0 Å². The lowest BCUT2D eigenvalue weighted by atomic mass is 10.0. The number of rotatable bonds is 3. The van der Waals surface area contributed by atoms with Crippen LogP contribution in [-0.2, 0) is 0 Å². The van der Waals surface area contributed by atoms with Crippen LogP contribution in [0.4, 0.5) is 11.6 Å². The number of thioether (sulfide) groups is 1. The van der Waals surface area contributed by atoms with E-state index in [-0.39, 0.29) is 4.75 Å². The predicted octanol–water partition coefficient (Wildman–Crippen LogP) is 2.22. The molecule has 0 radical (unpaired) electrons. The van der Waals surface area contributed by atoms with Crippen molar-refractivity contribution in [2.75, 3.05) is 29.2 Å². The number of anilines is 2. The number of aromatic nitrogens is 2. The van der Waals surface area contributed by atoms with Crippen molar-refractivity contribution in [3.63, 3.8) is 0 Å². The molecule has 19 heavy (non-hydrogen) atoms. The van der Waals surface area contributed by atoms with E-state index >= 15 is 0 Å². The quantitative estimate of drug-likeness (QED) is 0.654. The van der Waals surface area contributed by atoms with Crippen LogP contribution < -0.4 is 16.2 Å². The number of nitrogen functional groups attached to an aromatic ring is 1. The molecule has 106 valence electrons. The minimum Gasteiger partial charge on any atom is -0.354 e. The van der Waals surface area contributed by atoms with Crippen molar-refractivity contribution < 1.29 is 0 Å². The number of hydrazine groups is 1. The average Bonchev–Trinajstić information content (AvgIpc) is 2.36. The van der Waals surface area contributed by atoms with Crippen LogP contribution in [0.5, 0.6) is 0 Å². The lowest BCUT2D eigenvalue weighted by Crippen LogP contribution is -2.44. The Labute approximate surface area is 119 Å². The van der Waals surface area contributed by atoms with E-state index in [4.69, 9.17) is 5.84 Å². The lowest BCUT2D eigenvalue weighted by molar-refractivity contribution is 0.636. The fourth-order valence-corrected chi connectivity index (χ4v) is 3.59. The highest BCUT2D eigenvalue weighted by atomic mass is 32.2. The Morgan fingerprint density at radius 3 is 2.74 bits per heavy atom. The summed E-state index contributed by atoms with van der Waals surface area (Å²) < 4.78 is 0.258. The summed E-state index contributed by atoms with van der Waals surface area (Å²) in [5, 5.41) is 0. The van der Waals surface area contributed by atoms with Crippen molar-refractivity contribution in [2.45, 2.75) is 38.4 Å². The van der Waals surface area contributed by atoms with Gasteiger partial charge in [-0.3, -0.25) is 0 Å². The standard InChI is InChI=1S/C13H23N5S/c1-9(2)10-11(17-14)15-8-16-12(10)18-5-6-19-13(3,4)7-18/h8-9H,5-7,14H2,1-4H3,(H,15,16,17). The molecule has 5 nitrogen and oxygen atoms in total. The van der Waals surface area contributed by atoms with Gasteiger partial charge < -0.3 is 10.3 Å².